The van der Waals surface area contributed by atoms with Gasteiger partial charge in [0, 0.05) is 30.7 Å². The Labute approximate surface area is 137 Å². The van der Waals surface area contributed by atoms with Crippen LogP contribution in [-0.4, -0.2) is 30.0 Å². The van der Waals surface area contributed by atoms with Crippen LogP contribution in [0.3, 0.4) is 0 Å². The number of nitrogens with zero attached hydrogens (tertiary/aromatic N) is 2. The minimum atomic E-state index is -0.0340. The summed E-state index contributed by atoms with van der Waals surface area (Å²) in [4.78, 5) is 19.6. The van der Waals surface area contributed by atoms with Crippen LogP contribution in [0, 0.1) is 0 Å². The first-order valence-electron chi connectivity index (χ1n) is 8.64. The summed E-state index contributed by atoms with van der Waals surface area (Å²) in [5.41, 5.74) is 0.668. The highest BCUT2D eigenvalue weighted by Gasteiger charge is 2.19. The van der Waals surface area contributed by atoms with E-state index in [1.807, 2.05) is 25.1 Å². The third kappa shape index (κ3) is 3.31. The van der Waals surface area contributed by atoms with Gasteiger partial charge in [0.1, 0.15) is 5.82 Å². The number of piperidine rings is 1. The number of aromatic nitrogens is 1. The van der Waals surface area contributed by atoms with Crippen LogP contribution in [0.15, 0.2) is 30.5 Å². The third-order valence-electron chi connectivity index (χ3n) is 4.66. The van der Waals surface area contributed by atoms with Crippen LogP contribution in [0.1, 0.15) is 49.9 Å². The molecule has 1 atom stereocenters. The van der Waals surface area contributed by atoms with Gasteiger partial charge in [0.2, 0.25) is 0 Å². The lowest BCUT2D eigenvalue weighted by Gasteiger charge is -2.29. The highest BCUT2D eigenvalue weighted by Crippen LogP contribution is 2.29. The lowest BCUT2D eigenvalue weighted by atomic mass is 10.0. The van der Waals surface area contributed by atoms with Crippen LogP contribution in [0.5, 0.6) is 0 Å². The number of pyridine rings is 1. The number of rotatable bonds is 4. The maximum absolute atomic E-state index is 12.6. The lowest BCUT2D eigenvalue weighted by Crippen LogP contribution is -2.33. The maximum Gasteiger partial charge on any atom is 0.253 e. The molecule has 0 saturated carbocycles. The second-order valence-corrected chi connectivity index (χ2v) is 6.37. The molecular weight excluding hydrogens is 286 g/mol. The Morgan fingerprint density at radius 2 is 1.91 bits per heavy atom. The number of hydrogen-bond acceptors (Lipinski definition) is 3. The van der Waals surface area contributed by atoms with E-state index in [9.17, 15) is 4.79 Å². The van der Waals surface area contributed by atoms with Crippen LogP contribution in [-0.2, 0) is 0 Å². The van der Waals surface area contributed by atoms with Gasteiger partial charge in [-0.2, -0.15) is 0 Å². The molecule has 0 radical (unpaired) electrons. The average molecular weight is 311 g/mol. The van der Waals surface area contributed by atoms with Crippen molar-refractivity contribution in [2.24, 2.45) is 0 Å². The van der Waals surface area contributed by atoms with Gasteiger partial charge in [-0.1, -0.05) is 31.2 Å². The summed E-state index contributed by atoms with van der Waals surface area (Å²) in [6.07, 6.45) is 6.38. The molecule has 1 fully saturated rings. The van der Waals surface area contributed by atoms with E-state index in [1.54, 1.807) is 6.20 Å². The van der Waals surface area contributed by atoms with Crippen molar-refractivity contribution in [1.82, 2.24) is 10.3 Å². The van der Waals surface area contributed by atoms with E-state index in [4.69, 9.17) is 0 Å². The average Bonchev–Trinajstić information content (AvgIpc) is 2.61. The molecule has 1 N–H and O–H groups in total. The van der Waals surface area contributed by atoms with Crippen molar-refractivity contribution in [2.75, 3.05) is 18.0 Å². The predicted molar refractivity (Wildman–Crippen MR) is 95.0 cm³/mol. The number of benzene rings is 1. The highest BCUT2D eigenvalue weighted by atomic mass is 16.1. The van der Waals surface area contributed by atoms with Crippen molar-refractivity contribution >= 4 is 22.5 Å². The quantitative estimate of drug-likeness (QED) is 0.935. The molecule has 1 aromatic heterocycles. The van der Waals surface area contributed by atoms with Crippen molar-refractivity contribution in [1.29, 1.82) is 0 Å². The molecular formula is C19H25N3O. The fraction of sp³-hybridized carbons (Fsp3) is 0.474. The predicted octanol–water partition coefficient (Wildman–Crippen LogP) is 3.75. The molecule has 4 heteroatoms. The fourth-order valence-electron chi connectivity index (χ4n) is 3.12. The van der Waals surface area contributed by atoms with Gasteiger partial charge in [0.05, 0.1) is 5.56 Å². The Hall–Kier alpha value is -2.10. The molecule has 122 valence electrons. The molecule has 1 aliphatic heterocycles. The minimum absolute atomic E-state index is 0.0340. The van der Waals surface area contributed by atoms with Crippen molar-refractivity contribution < 1.29 is 4.79 Å². The molecule has 0 spiro atoms. The Balaban J connectivity index is 2.00. The summed E-state index contributed by atoms with van der Waals surface area (Å²) >= 11 is 0. The van der Waals surface area contributed by atoms with E-state index < -0.39 is 0 Å². The van der Waals surface area contributed by atoms with Crippen LogP contribution in [0.25, 0.3) is 10.8 Å². The summed E-state index contributed by atoms with van der Waals surface area (Å²) < 4.78 is 0. The van der Waals surface area contributed by atoms with Crippen LogP contribution >= 0.6 is 0 Å². The second kappa shape index (κ2) is 6.99. The SMILES string of the molecule is CCC(C)NC(=O)c1cnc(N2CCCCC2)c2ccccc12. The smallest absolute Gasteiger partial charge is 0.253 e. The molecule has 0 bridgehead atoms. The highest BCUT2D eigenvalue weighted by molar-refractivity contribution is 6.09. The molecule has 1 unspecified atom stereocenters. The van der Waals surface area contributed by atoms with Crippen molar-refractivity contribution in [3.63, 3.8) is 0 Å². The zero-order chi connectivity index (χ0) is 16.2. The molecule has 1 saturated heterocycles. The van der Waals surface area contributed by atoms with Crippen molar-refractivity contribution in [3.05, 3.63) is 36.0 Å². The van der Waals surface area contributed by atoms with Gasteiger partial charge in [-0.15, -0.1) is 0 Å². The molecule has 2 aromatic rings. The Bertz CT molecular complexity index is 692. The van der Waals surface area contributed by atoms with Gasteiger partial charge in [0.25, 0.3) is 5.91 Å². The first-order chi connectivity index (χ1) is 11.2. The Morgan fingerprint density at radius 3 is 2.61 bits per heavy atom. The number of fused-ring (bicyclic) bond motifs is 1. The summed E-state index contributed by atoms with van der Waals surface area (Å²) in [7, 11) is 0. The Kier molecular flexibility index (Phi) is 4.79. The largest absolute Gasteiger partial charge is 0.356 e. The summed E-state index contributed by atoms with van der Waals surface area (Å²) in [5.74, 6) is 0.980. The molecule has 1 amide bonds. The molecule has 4 nitrogen and oxygen atoms in total. The zero-order valence-electron chi connectivity index (χ0n) is 14.0. The van der Waals surface area contributed by atoms with Gasteiger partial charge in [-0.3, -0.25) is 4.79 Å². The normalized spacial score (nSPS) is 16.3. The summed E-state index contributed by atoms with van der Waals surface area (Å²) in [6, 6.07) is 8.28. The van der Waals surface area contributed by atoms with E-state index in [-0.39, 0.29) is 11.9 Å². The number of carbonyl (C=O) groups is 1. The van der Waals surface area contributed by atoms with Gasteiger partial charge >= 0.3 is 0 Å². The van der Waals surface area contributed by atoms with Gasteiger partial charge in [0.15, 0.2) is 0 Å². The molecule has 0 aliphatic carbocycles. The van der Waals surface area contributed by atoms with E-state index in [0.29, 0.717) is 5.56 Å². The van der Waals surface area contributed by atoms with Gasteiger partial charge in [-0.25, -0.2) is 4.98 Å². The summed E-state index contributed by atoms with van der Waals surface area (Å²) in [6.45, 7) is 6.20. The number of hydrogen-bond donors (Lipinski definition) is 1. The molecule has 1 aromatic carbocycles. The Morgan fingerprint density at radius 1 is 1.22 bits per heavy atom. The van der Waals surface area contributed by atoms with Gasteiger partial charge in [-0.05, 0) is 38.0 Å². The molecule has 3 rings (SSSR count). The third-order valence-corrected chi connectivity index (χ3v) is 4.66. The van der Waals surface area contributed by atoms with Crippen molar-refractivity contribution in [2.45, 2.75) is 45.6 Å². The topological polar surface area (TPSA) is 45.2 Å². The number of amides is 1. The lowest BCUT2D eigenvalue weighted by molar-refractivity contribution is 0.0940. The van der Waals surface area contributed by atoms with Crippen LogP contribution in [0.2, 0.25) is 0 Å². The van der Waals surface area contributed by atoms with E-state index >= 15 is 0 Å². The summed E-state index contributed by atoms with van der Waals surface area (Å²) in [5, 5.41) is 5.11. The van der Waals surface area contributed by atoms with E-state index in [0.717, 1.165) is 36.1 Å². The van der Waals surface area contributed by atoms with E-state index in [1.165, 1.54) is 19.3 Å². The number of nitrogens with one attached hydrogen (secondary N) is 1. The monoisotopic (exact) mass is 311 g/mol. The second-order valence-electron chi connectivity index (χ2n) is 6.37. The minimum Gasteiger partial charge on any atom is -0.356 e. The van der Waals surface area contributed by atoms with Gasteiger partial charge < -0.3 is 10.2 Å². The number of carbonyl (C=O) groups excluding carboxylic acids is 1. The molecule has 1 aliphatic rings. The number of anilines is 1. The first-order valence-corrected chi connectivity index (χ1v) is 8.64. The van der Waals surface area contributed by atoms with E-state index in [2.05, 4.69) is 28.2 Å². The molecule has 23 heavy (non-hydrogen) atoms. The van der Waals surface area contributed by atoms with Crippen molar-refractivity contribution in [3.8, 4) is 0 Å². The fourth-order valence-corrected chi connectivity index (χ4v) is 3.12. The molecule has 2 heterocycles. The van der Waals surface area contributed by atoms with Crippen LogP contribution < -0.4 is 10.2 Å². The zero-order valence-corrected chi connectivity index (χ0v) is 14.0. The standard InChI is InChI=1S/C19H25N3O/c1-3-14(2)21-19(23)17-13-20-18(22-11-7-4-8-12-22)16-10-6-5-9-15(16)17/h5-6,9-10,13-14H,3-4,7-8,11-12H2,1-2H3,(H,21,23). The van der Waals surface area contributed by atoms with Crippen LogP contribution in [0.4, 0.5) is 5.82 Å². The first kappa shape index (κ1) is 15.8. The maximum atomic E-state index is 12.6.